The number of nitrogens with one attached hydrogen (secondary N) is 1. The minimum atomic E-state index is -0.0422. The molecule has 1 aromatic heterocycles. The maximum absolute atomic E-state index is 12.3. The number of anilines is 1. The molecule has 0 fully saturated rings. The first-order valence-corrected chi connectivity index (χ1v) is 7.74. The van der Waals surface area contributed by atoms with E-state index in [-0.39, 0.29) is 5.91 Å². The van der Waals surface area contributed by atoms with E-state index in [2.05, 4.69) is 15.1 Å². The highest BCUT2D eigenvalue weighted by Crippen LogP contribution is 2.18. The van der Waals surface area contributed by atoms with Gasteiger partial charge in [0.05, 0.1) is 6.20 Å². The molecule has 1 aromatic carbocycles. The van der Waals surface area contributed by atoms with Crippen LogP contribution in [0.2, 0.25) is 0 Å². The number of nitrogens with zero attached hydrogens (tertiary/aromatic N) is 3. The largest absolute Gasteiger partial charge is 0.378 e. The standard InChI is InChI=1S/C17H22N4O/c1-20(2)15-7-5-6-13(10-15)17(22)18-11-14-12-19-21-9-4-3-8-16(14)21/h5-7,10,12H,3-4,8-9,11H2,1-2H3,(H,18,22). The van der Waals surface area contributed by atoms with Crippen LogP contribution in [0.25, 0.3) is 0 Å². The lowest BCUT2D eigenvalue weighted by molar-refractivity contribution is 0.0951. The molecule has 1 amide bonds. The van der Waals surface area contributed by atoms with E-state index < -0.39 is 0 Å². The molecule has 0 atom stereocenters. The van der Waals surface area contributed by atoms with Crippen molar-refractivity contribution in [3.05, 3.63) is 47.3 Å². The maximum Gasteiger partial charge on any atom is 0.251 e. The van der Waals surface area contributed by atoms with Crippen LogP contribution in [0, 0.1) is 0 Å². The Morgan fingerprint density at radius 1 is 1.36 bits per heavy atom. The Labute approximate surface area is 130 Å². The van der Waals surface area contributed by atoms with Crippen molar-refractivity contribution < 1.29 is 4.79 Å². The van der Waals surface area contributed by atoms with Gasteiger partial charge in [-0.05, 0) is 37.5 Å². The molecule has 5 nitrogen and oxygen atoms in total. The van der Waals surface area contributed by atoms with Gasteiger partial charge in [0.15, 0.2) is 0 Å². The summed E-state index contributed by atoms with van der Waals surface area (Å²) in [7, 11) is 3.94. The lowest BCUT2D eigenvalue weighted by Crippen LogP contribution is -2.24. The Bertz CT molecular complexity index is 675. The van der Waals surface area contributed by atoms with Crippen molar-refractivity contribution in [2.75, 3.05) is 19.0 Å². The molecule has 1 aliphatic rings. The molecule has 0 spiro atoms. The second kappa shape index (κ2) is 6.22. The Hall–Kier alpha value is -2.30. The summed E-state index contributed by atoms with van der Waals surface area (Å²) in [6, 6.07) is 7.65. The van der Waals surface area contributed by atoms with E-state index in [4.69, 9.17) is 0 Å². The van der Waals surface area contributed by atoms with Gasteiger partial charge in [-0.15, -0.1) is 0 Å². The van der Waals surface area contributed by atoms with Crippen molar-refractivity contribution in [3.63, 3.8) is 0 Å². The molecule has 22 heavy (non-hydrogen) atoms. The predicted octanol–water partition coefficient (Wildman–Crippen LogP) is 2.22. The smallest absolute Gasteiger partial charge is 0.251 e. The van der Waals surface area contributed by atoms with Gasteiger partial charge in [0.1, 0.15) is 0 Å². The molecule has 0 saturated heterocycles. The van der Waals surface area contributed by atoms with E-state index in [1.54, 1.807) is 0 Å². The summed E-state index contributed by atoms with van der Waals surface area (Å²) in [4.78, 5) is 14.3. The quantitative estimate of drug-likeness (QED) is 0.941. The van der Waals surface area contributed by atoms with E-state index >= 15 is 0 Å². The molecular weight excluding hydrogens is 276 g/mol. The normalized spacial score (nSPS) is 13.5. The first kappa shape index (κ1) is 14.6. The SMILES string of the molecule is CN(C)c1cccc(C(=O)NCc2cnn3c2CCCC3)c1. The Kier molecular flexibility index (Phi) is 4.13. The van der Waals surface area contributed by atoms with Crippen molar-refractivity contribution in [1.82, 2.24) is 15.1 Å². The zero-order valence-corrected chi connectivity index (χ0v) is 13.2. The fourth-order valence-corrected chi connectivity index (χ4v) is 2.84. The number of aryl methyl sites for hydroxylation is 1. The minimum Gasteiger partial charge on any atom is -0.378 e. The third-order valence-electron chi connectivity index (χ3n) is 4.13. The summed E-state index contributed by atoms with van der Waals surface area (Å²) in [5.74, 6) is -0.0422. The van der Waals surface area contributed by atoms with Gasteiger partial charge in [0.2, 0.25) is 0 Å². The van der Waals surface area contributed by atoms with Crippen LogP contribution in [0.15, 0.2) is 30.5 Å². The molecule has 1 aliphatic heterocycles. The van der Waals surface area contributed by atoms with Crippen LogP contribution in [0.3, 0.4) is 0 Å². The van der Waals surface area contributed by atoms with Crippen molar-refractivity contribution in [1.29, 1.82) is 0 Å². The molecule has 116 valence electrons. The van der Waals surface area contributed by atoms with Gasteiger partial charge >= 0.3 is 0 Å². The number of benzene rings is 1. The minimum absolute atomic E-state index is 0.0422. The zero-order valence-electron chi connectivity index (χ0n) is 13.2. The fourth-order valence-electron chi connectivity index (χ4n) is 2.84. The second-order valence-corrected chi connectivity index (χ2v) is 5.92. The molecule has 0 aliphatic carbocycles. The number of rotatable bonds is 4. The van der Waals surface area contributed by atoms with Gasteiger partial charge in [0, 0.05) is 49.7 Å². The predicted molar refractivity (Wildman–Crippen MR) is 87.1 cm³/mol. The summed E-state index contributed by atoms with van der Waals surface area (Å²) < 4.78 is 2.07. The molecule has 5 heteroatoms. The summed E-state index contributed by atoms with van der Waals surface area (Å²) in [6.07, 6.45) is 5.34. The van der Waals surface area contributed by atoms with E-state index in [1.807, 2.05) is 49.5 Å². The number of carbonyl (C=O) groups is 1. The lowest BCUT2D eigenvalue weighted by atomic mass is 10.1. The number of fused-ring (bicyclic) bond motifs is 1. The third-order valence-corrected chi connectivity index (χ3v) is 4.13. The Balaban J connectivity index is 1.67. The second-order valence-electron chi connectivity index (χ2n) is 5.92. The van der Waals surface area contributed by atoms with Crippen LogP contribution in [0.5, 0.6) is 0 Å². The van der Waals surface area contributed by atoms with E-state index in [9.17, 15) is 4.79 Å². The maximum atomic E-state index is 12.3. The summed E-state index contributed by atoms with van der Waals surface area (Å²) in [5, 5.41) is 7.41. The first-order chi connectivity index (χ1) is 10.6. The molecule has 3 rings (SSSR count). The highest BCUT2D eigenvalue weighted by atomic mass is 16.1. The first-order valence-electron chi connectivity index (χ1n) is 7.74. The number of carbonyl (C=O) groups excluding carboxylic acids is 1. The summed E-state index contributed by atoms with van der Waals surface area (Å²) >= 11 is 0. The van der Waals surface area contributed by atoms with Gasteiger partial charge < -0.3 is 10.2 Å². The van der Waals surface area contributed by atoms with Gasteiger partial charge in [-0.1, -0.05) is 6.07 Å². The third kappa shape index (κ3) is 2.98. The lowest BCUT2D eigenvalue weighted by Gasteiger charge is -2.15. The van der Waals surface area contributed by atoms with Crippen molar-refractivity contribution in [3.8, 4) is 0 Å². The molecule has 1 N–H and O–H groups in total. The summed E-state index contributed by atoms with van der Waals surface area (Å²) in [6.45, 7) is 1.54. The molecule has 2 heterocycles. The fraction of sp³-hybridized carbons (Fsp3) is 0.412. The van der Waals surface area contributed by atoms with Gasteiger partial charge in [-0.2, -0.15) is 5.10 Å². The van der Waals surface area contributed by atoms with Gasteiger partial charge in [0.25, 0.3) is 5.91 Å². The van der Waals surface area contributed by atoms with Crippen molar-refractivity contribution in [2.45, 2.75) is 32.4 Å². The van der Waals surface area contributed by atoms with E-state index in [1.165, 1.54) is 18.5 Å². The highest BCUT2D eigenvalue weighted by Gasteiger charge is 2.15. The van der Waals surface area contributed by atoms with Crippen LogP contribution >= 0.6 is 0 Å². The van der Waals surface area contributed by atoms with E-state index in [0.717, 1.165) is 24.2 Å². The molecular formula is C17H22N4O. The van der Waals surface area contributed by atoms with Crippen molar-refractivity contribution in [2.24, 2.45) is 0 Å². The average Bonchev–Trinajstić information content (AvgIpc) is 2.96. The molecule has 0 radical (unpaired) electrons. The topological polar surface area (TPSA) is 50.2 Å². The molecule has 0 unspecified atom stereocenters. The average molecular weight is 298 g/mol. The van der Waals surface area contributed by atoms with E-state index in [0.29, 0.717) is 12.1 Å². The van der Waals surface area contributed by atoms with Gasteiger partial charge in [-0.25, -0.2) is 0 Å². The molecule has 0 saturated carbocycles. The highest BCUT2D eigenvalue weighted by molar-refractivity contribution is 5.95. The van der Waals surface area contributed by atoms with Crippen LogP contribution < -0.4 is 10.2 Å². The van der Waals surface area contributed by atoms with Crippen LogP contribution in [-0.4, -0.2) is 29.8 Å². The monoisotopic (exact) mass is 298 g/mol. The van der Waals surface area contributed by atoms with Crippen molar-refractivity contribution >= 4 is 11.6 Å². The summed E-state index contributed by atoms with van der Waals surface area (Å²) in [5.41, 5.74) is 4.12. The van der Waals surface area contributed by atoms with Crippen LogP contribution in [0.4, 0.5) is 5.69 Å². The number of aromatic nitrogens is 2. The van der Waals surface area contributed by atoms with Crippen LogP contribution in [-0.2, 0) is 19.5 Å². The Morgan fingerprint density at radius 3 is 3.05 bits per heavy atom. The number of amides is 1. The number of hydrogen-bond donors (Lipinski definition) is 1. The molecule has 2 aromatic rings. The molecule has 0 bridgehead atoms. The Morgan fingerprint density at radius 2 is 2.23 bits per heavy atom. The van der Waals surface area contributed by atoms with Gasteiger partial charge in [-0.3, -0.25) is 9.48 Å². The zero-order chi connectivity index (χ0) is 15.5. The number of hydrogen-bond acceptors (Lipinski definition) is 3. The van der Waals surface area contributed by atoms with Crippen LogP contribution in [0.1, 0.15) is 34.5 Å².